The fourth-order valence-corrected chi connectivity index (χ4v) is 2.74. The first kappa shape index (κ1) is 21.2. The third-order valence-electron chi connectivity index (χ3n) is 4.33. The van der Waals surface area contributed by atoms with Crippen LogP contribution < -0.4 is 16.0 Å². The lowest BCUT2D eigenvalue weighted by Crippen LogP contribution is -2.37. The second-order valence-corrected chi connectivity index (χ2v) is 6.86. The van der Waals surface area contributed by atoms with Gasteiger partial charge in [0.25, 0.3) is 0 Å². The predicted molar refractivity (Wildman–Crippen MR) is 111 cm³/mol. The minimum absolute atomic E-state index is 0.0243. The minimum Gasteiger partial charge on any atom is -0.394 e. The molecule has 0 fully saturated rings. The molecule has 0 saturated carbocycles. The smallest absolute Gasteiger partial charge is 0.242 e. The maximum Gasteiger partial charge on any atom is 0.242 e. The van der Waals surface area contributed by atoms with E-state index < -0.39 is 0 Å². The summed E-state index contributed by atoms with van der Waals surface area (Å²) in [7, 11) is 0. The van der Waals surface area contributed by atoms with Gasteiger partial charge in [-0.15, -0.1) is 0 Å². The highest BCUT2D eigenvalue weighted by Gasteiger charge is 2.09. The number of aliphatic hydroxyl groups is 1. The third kappa shape index (κ3) is 5.74. The summed E-state index contributed by atoms with van der Waals surface area (Å²) in [6, 6.07) is 6.34. The number of rotatable bonds is 9. The highest BCUT2D eigenvalue weighted by Crippen LogP contribution is 2.16. The Morgan fingerprint density at radius 1 is 1.33 bits per heavy atom. The van der Waals surface area contributed by atoms with E-state index in [-0.39, 0.29) is 30.9 Å². The Kier molecular flexibility index (Phi) is 6.91. The Bertz CT molecular complexity index is 988. The van der Waals surface area contributed by atoms with Crippen LogP contribution in [0.1, 0.15) is 18.1 Å². The van der Waals surface area contributed by atoms with Crippen molar-refractivity contribution < 1.29 is 14.3 Å². The first-order valence-electron chi connectivity index (χ1n) is 9.45. The van der Waals surface area contributed by atoms with Crippen molar-refractivity contribution >= 4 is 23.4 Å². The first-order chi connectivity index (χ1) is 14.4. The number of carbonyl (C=O) groups excluding carboxylic acids is 1. The summed E-state index contributed by atoms with van der Waals surface area (Å²) in [5.74, 6) is 0.361. The molecule has 3 aromatic rings. The van der Waals surface area contributed by atoms with E-state index >= 15 is 0 Å². The van der Waals surface area contributed by atoms with Crippen LogP contribution in [0.5, 0.6) is 0 Å². The van der Waals surface area contributed by atoms with Crippen LogP contribution in [0.4, 0.5) is 21.8 Å². The number of aromatic nitrogens is 4. The van der Waals surface area contributed by atoms with Crippen LogP contribution >= 0.6 is 0 Å². The number of aliphatic hydroxyl groups excluding tert-OH is 1. The lowest BCUT2D eigenvalue weighted by Gasteiger charge is -2.10. The standard InChI is InChI=1S/C20H24FN7O2/c1-13-4-3-5-17(21)16(13)9-23-18-6-7-22-20(27-18)26-15-8-24-28(10-15)11-19(30)25-14(2)12-29/h3-8,10,14,29H,9,11-12H2,1-2H3,(H,25,30)(H2,22,23,26,27)/t14-/m0/s1. The molecule has 1 amide bonds. The highest BCUT2D eigenvalue weighted by molar-refractivity contribution is 5.76. The van der Waals surface area contributed by atoms with E-state index in [9.17, 15) is 9.18 Å². The summed E-state index contributed by atoms with van der Waals surface area (Å²) in [6.07, 6.45) is 4.78. The lowest BCUT2D eigenvalue weighted by atomic mass is 10.1. The molecule has 0 aliphatic heterocycles. The molecular weight excluding hydrogens is 389 g/mol. The molecule has 4 N–H and O–H groups in total. The summed E-state index contributed by atoms with van der Waals surface area (Å²) >= 11 is 0. The average molecular weight is 413 g/mol. The zero-order valence-electron chi connectivity index (χ0n) is 16.8. The Labute approximate surface area is 173 Å². The quantitative estimate of drug-likeness (QED) is 0.424. The Hall–Kier alpha value is -3.53. The number of benzene rings is 1. The second kappa shape index (κ2) is 9.79. The maximum atomic E-state index is 14.0. The highest BCUT2D eigenvalue weighted by atomic mass is 19.1. The van der Waals surface area contributed by atoms with Crippen molar-refractivity contribution in [1.29, 1.82) is 0 Å². The molecule has 3 rings (SSSR count). The number of aryl methyl sites for hydroxylation is 1. The zero-order chi connectivity index (χ0) is 21.5. The van der Waals surface area contributed by atoms with Crippen LogP contribution in [0.25, 0.3) is 0 Å². The molecule has 0 saturated heterocycles. The minimum atomic E-state index is -0.317. The monoisotopic (exact) mass is 413 g/mol. The molecule has 9 nitrogen and oxygen atoms in total. The van der Waals surface area contributed by atoms with E-state index in [1.807, 2.05) is 13.0 Å². The first-order valence-corrected chi connectivity index (χ1v) is 9.45. The van der Waals surface area contributed by atoms with Gasteiger partial charge in [0, 0.05) is 30.5 Å². The Balaban J connectivity index is 1.59. The number of carbonyl (C=O) groups is 1. The summed E-state index contributed by atoms with van der Waals surface area (Å²) in [4.78, 5) is 20.4. The lowest BCUT2D eigenvalue weighted by molar-refractivity contribution is -0.122. The molecule has 0 spiro atoms. The molecule has 10 heteroatoms. The van der Waals surface area contributed by atoms with E-state index in [2.05, 4.69) is 31.0 Å². The summed E-state index contributed by atoms with van der Waals surface area (Å²) in [6.45, 7) is 3.76. The van der Waals surface area contributed by atoms with Gasteiger partial charge < -0.3 is 21.1 Å². The number of halogens is 1. The fourth-order valence-electron chi connectivity index (χ4n) is 2.74. The normalized spacial score (nSPS) is 11.7. The molecule has 1 aromatic carbocycles. The van der Waals surface area contributed by atoms with Gasteiger partial charge in [-0.2, -0.15) is 10.1 Å². The van der Waals surface area contributed by atoms with Crippen molar-refractivity contribution in [3.63, 3.8) is 0 Å². The SMILES string of the molecule is Cc1cccc(F)c1CNc1ccnc(Nc2cnn(CC(=O)N[C@@H](C)CO)c2)n1. The average Bonchev–Trinajstić information content (AvgIpc) is 3.14. The van der Waals surface area contributed by atoms with Gasteiger partial charge in [0.1, 0.15) is 18.2 Å². The van der Waals surface area contributed by atoms with Crippen LogP contribution in [0.3, 0.4) is 0 Å². The van der Waals surface area contributed by atoms with E-state index in [0.29, 0.717) is 29.6 Å². The second-order valence-electron chi connectivity index (χ2n) is 6.86. The van der Waals surface area contributed by atoms with Crippen LogP contribution in [0, 0.1) is 12.7 Å². The fraction of sp³-hybridized carbons (Fsp3) is 0.300. The van der Waals surface area contributed by atoms with Crippen molar-refractivity contribution in [1.82, 2.24) is 25.1 Å². The molecular formula is C20H24FN7O2. The van der Waals surface area contributed by atoms with Gasteiger partial charge in [0.05, 0.1) is 18.5 Å². The van der Waals surface area contributed by atoms with Gasteiger partial charge in [-0.05, 0) is 31.5 Å². The zero-order valence-corrected chi connectivity index (χ0v) is 16.8. The molecule has 0 aliphatic rings. The van der Waals surface area contributed by atoms with Crippen molar-refractivity contribution in [3.05, 3.63) is 59.8 Å². The van der Waals surface area contributed by atoms with E-state index in [1.165, 1.54) is 10.7 Å². The number of hydrogen-bond acceptors (Lipinski definition) is 7. The number of nitrogens with one attached hydrogen (secondary N) is 3. The molecule has 0 unspecified atom stereocenters. The predicted octanol–water partition coefficient (Wildman–Crippen LogP) is 1.97. The van der Waals surface area contributed by atoms with Crippen molar-refractivity contribution in [2.24, 2.45) is 0 Å². The molecule has 0 radical (unpaired) electrons. The number of amides is 1. The van der Waals surface area contributed by atoms with Crippen LogP contribution in [-0.4, -0.2) is 43.4 Å². The topological polar surface area (TPSA) is 117 Å². The Morgan fingerprint density at radius 3 is 2.93 bits per heavy atom. The summed E-state index contributed by atoms with van der Waals surface area (Å²) in [5, 5.41) is 21.9. The van der Waals surface area contributed by atoms with Gasteiger partial charge >= 0.3 is 0 Å². The van der Waals surface area contributed by atoms with E-state index in [1.54, 1.807) is 37.6 Å². The third-order valence-corrected chi connectivity index (χ3v) is 4.33. The molecule has 0 bridgehead atoms. The number of hydrogen-bond donors (Lipinski definition) is 4. The molecule has 158 valence electrons. The largest absolute Gasteiger partial charge is 0.394 e. The maximum absolute atomic E-state index is 14.0. The van der Waals surface area contributed by atoms with E-state index in [0.717, 1.165) is 5.56 Å². The van der Waals surface area contributed by atoms with Crippen molar-refractivity contribution in [2.75, 3.05) is 17.2 Å². The van der Waals surface area contributed by atoms with Gasteiger partial charge in [0.2, 0.25) is 11.9 Å². The van der Waals surface area contributed by atoms with E-state index in [4.69, 9.17) is 5.11 Å². The number of anilines is 3. The summed E-state index contributed by atoms with van der Waals surface area (Å²) in [5.41, 5.74) is 2.06. The van der Waals surface area contributed by atoms with Gasteiger partial charge in [-0.25, -0.2) is 9.37 Å². The van der Waals surface area contributed by atoms with Crippen molar-refractivity contribution in [3.8, 4) is 0 Å². The Morgan fingerprint density at radius 2 is 2.17 bits per heavy atom. The molecule has 1 atom stereocenters. The van der Waals surface area contributed by atoms with Crippen LogP contribution in [-0.2, 0) is 17.9 Å². The molecule has 2 aromatic heterocycles. The van der Waals surface area contributed by atoms with Crippen LogP contribution in [0.15, 0.2) is 42.9 Å². The summed E-state index contributed by atoms with van der Waals surface area (Å²) < 4.78 is 15.4. The van der Waals surface area contributed by atoms with Crippen LogP contribution in [0.2, 0.25) is 0 Å². The van der Waals surface area contributed by atoms with Crippen molar-refractivity contribution in [2.45, 2.75) is 33.0 Å². The molecule has 0 aliphatic carbocycles. The van der Waals surface area contributed by atoms with Gasteiger partial charge in [0.15, 0.2) is 0 Å². The van der Waals surface area contributed by atoms with Gasteiger partial charge in [-0.3, -0.25) is 9.48 Å². The molecule has 2 heterocycles. The number of nitrogens with zero attached hydrogens (tertiary/aromatic N) is 4. The molecule has 30 heavy (non-hydrogen) atoms. The van der Waals surface area contributed by atoms with Gasteiger partial charge in [-0.1, -0.05) is 12.1 Å².